The highest BCUT2D eigenvalue weighted by atomic mass is 16.5. The predicted molar refractivity (Wildman–Crippen MR) is 126 cm³/mol. The first kappa shape index (κ1) is 24.4. The van der Waals surface area contributed by atoms with E-state index in [1.165, 1.54) is 16.7 Å². The van der Waals surface area contributed by atoms with Crippen LogP contribution in [0.3, 0.4) is 0 Å². The smallest absolute Gasteiger partial charge is 0.251 e. The number of methoxy groups -OCH3 is 1. The van der Waals surface area contributed by atoms with E-state index in [0.29, 0.717) is 31.9 Å². The van der Waals surface area contributed by atoms with Gasteiger partial charge in [-0.05, 0) is 66.9 Å². The van der Waals surface area contributed by atoms with Crippen LogP contribution >= 0.6 is 0 Å². The summed E-state index contributed by atoms with van der Waals surface area (Å²) in [4.78, 5) is 12.7. The molecular weight excluding hydrogens is 388 g/mol. The van der Waals surface area contributed by atoms with Gasteiger partial charge < -0.3 is 20.1 Å². The van der Waals surface area contributed by atoms with Crippen molar-refractivity contribution in [3.05, 3.63) is 94.8 Å². The standard InChI is InChI=1S/C26H34N2O3/c1-6-27-18-20(3)25(24-12-7-9-19(2)21(24)4)22-10-8-11-23(17-22)26(29)28-13-14-31-16-15-30-5/h6-12,17-18,25,27H,1,13-16H2,2-5H3,(H,28,29)/b20-18+. The molecule has 0 aliphatic heterocycles. The topological polar surface area (TPSA) is 59.6 Å². The molecule has 0 aromatic heterocycles. The maximum absolute atomic E-state index is 12.7. The summed E-state index contributed by atoms with van der Waals surface area (Å²) in [5.74, 6) is -0.0831. The van der Waals surface area contributed by atoms with Gasteiger partial charge in [-0.25, -0.2) is 0 Å². The minimum Gasteiger partial charge on any atom is -0.382 e. The van der Waals surface area contributed by atoms with Gasteiger partial charge in [0.2, 0.25) is 0 Å². The van der Waals surface area contributed by atoms with Gasteiger partial charge in [0.25, 0.3) is 5.91 Å². The molecule has 0 aliphatic rings. The highest BCUT2D eigenvalue weighted by molar-refractivity contribution is 5.94. The Labute approximate surface area is 186 Å². The molecule has 1 atom stereocenters. The number of hydrogen-bond donors (Lipinski definition) is 2. The molecule has 0 aliphatic carbocycles. The molecule has 31 heavy (non-hydrogen) atoms. The number of allylic oxidation sites excluding steroid dienone is 1. The average Bonchev–Trinajstić information content (AvgIpc) is 2.78. The lowest BCUT2D eigenvalue weighted by Gasteiger charge is -2.23. The molecule has 5 heteroatoms. The molecule has 5 nitrogen and oxygen atoms in total. The Morgan fingerprint density at radius 3 is 2.65 bits per heavy atom. The van der Waals surface area contributed by atoms with E-state index in [1.807, 2.05) is 24.4 Å². The van der Waals surface area contributed by atoms with E-state index in [-0.39, 0.29) is 11.8 Å². The fraction of sp³-hybridized carbons (Fsp3) is 0.346. The zero-order chi connectivity index (χ0) is 22.6. The average molecular weight is 423 g/mol. The molecule has 2 N–H and O–H groups in total. The minimum atomic E-state index is -0.109. The van der Waals surface area contributed by atoms with Gasteiger partial charge in [0.1, 0.15) is 0 Å². The summed E-state index contributed by atoms with van der Waals surface area (Å²) in [7, 11) is 1.63. The van der Waals surface area contributed by atoms with Crippen molar-refractivity contribution in [3.8, 4) is 0 Å². The van der Waals surface area contributed by atoms with E-state index in [2.05, 4.69) is 62.2 Å². The molecule has 0 heterocycles. The van der Waals surface area contributed by atoms with E-state index in [0.717, 1.165) is 11.1 Å². The molecule has 0 saturated heterocycles. The van der Waals surface area contributed by atoms with Crippen LogP contribution in [0, 0.1) is 13.8 Å². The normalized spacial score (nSPS) is 12.3. The Bertz CT molecular complexity index is 905. The number of amides is 1. The van der Waals surface area contributed by atoms with E-state index in [9.17, 15) is 4.79 Å². The first-order valence-electron chi connectivity index (χ1n) is 10.5. The van der Waals surface area contributed by atoms with Gasteiger partial charge in [-0.2, -0.15) is 0 Å². The molecule has 0 bridgehead atoms. The molecule has 166 valence electrons. The largest absolute Gasteiger partial charge is 0.382 e. The number of ether oxygens (including phenoxy) is 2. The van der Waals surface area contributed by atoms with Crippen molar-refractivity contribution in [2.75, 3.05) is 33.5 Å². The van der Waals surface area contributed by atoms with Crippen molar-refractivity contribution in [2.45, 2.75) is 26.7 Å². The number of rotatable bonds is 12. The van der Waals surface area contributed by atoms with E-state index < -0.39 is 0 Å². The Balaban J connectivity index is 2.26. The van der Waals surface area contributed by atoms with Gasteiger partial charge in [0, 0.05) is 31.3 Å². The zero-order valence-corrected chi connectivity index (χ0v) is 19.0. The Morgan fingerprint density at radius 2 is 1.90 bits per heavy atom. The lowest BCUT2D eigenvalue weighted by molar-refractivity contribution is 0.0692. The van der Waals surface area contributed by atoms with Crippen LogP contribution in [0.15, 0.2) is 67.0 Å². The van der Waals surface area contributed by atoms with Crippen LogP contribution < -0.4 is 10.6 Å². The maximum Gasteiger partial charge on any atom is 0.251 e. The fourth-order valence-corrected chi connectivity index (χ4v) is 3.49. The summed E-state index contributed by atoms with van der Waals surface area (Å²) in [6.07, 6.45) is 3.62. The monoisotopic (exact) mass is 422 g/mol. The van der Waals surface area contributed by atoms with Crippen LogP contribution in [0.25, 0.3) is 0 Å². The van der Waals surface area contributed by atoms with Crippen LogP contribution in [-0.4, -0.2) is 39.4 Å². The summed E-state index contributed by atoms with van der Waals surface area (Å²) in [6.45, 7) is 12.1. The highest BCUT2D eigenvalue weighted by Gasteiger charge is 2.20. The SMILES string of the molecule is C=CN/C=C(\C)C(c1cccc(C(=O)NCCOCCOC)c1)c1cccc(C)c1C. The Kier molecular flexibility index (Phi) is 10.0. The second-order valence-corrected chi connectivity index (χ2v) is 7.47. The molecule has 0 radical (unpaired) electrons. The molecule has 1 amide bonds. The molecular formula is C26H34N2O3. The molecule has 2 aromatic carbocycles. The Hall–Kier alpha value is -2.89. The van der Waals surface area contributed by atoms with E-state index in [1.54, 1.807) is 13.3 Å². The number of benzene rings is 2. The number of carbonyl (C=O) groups excluding carboxylic acids is 1. The summed E-state index contributed by atoms with van der Waals surface area (Å²) >= 11 is 0. The first-order valence-corrected chi connectivity index (χ1v) is 10.5. The molecule has 2 rings (SSSR count). The third kappa shape index (κ3) is 7.09. The van der Waals surface area contributed by atoms with Gasteiger partial charge in [-0.15, -0.1) is 0 Å². The minimum absolute atomic E-state index is 0.0254. The zero-order valence-electron chi connectivity index (χ0n) is 19.0. The van der Waals surface area contributed by atoms with Crippen molar-refractivity contribution < 1.29 is 14.3 Å². The van der Waals surface area contributed by atoms with E-state index in [4.69, 9.17) is 9.47 Å². The first-order chi connectivity index (χ1) is 15.0. The number of carbonyl (C=O) groups is 1. The lowest BCUT2D eigenvalue weighted by Crippen LogP contribution is -2.27. The fourth-order valence-electron chi connectivity index (χ4n) is 3.49. The third-order valence-corrected chi connectivity index (χ3v) is 5.29. The van der Waals surface area contributed by atoms with Gasteiger partial charge in [-0.3, -0.25) is 4.79 Å². The van der Waals surface area contributed by atoms with Gasteiger partial charge in [0.05, 0.1) is 19.8 Å². The van der Waals surface area contributed by atoms with Crippen LogP contribution in [0.4, 0.5) is 0 Å². The van der Waals surface area contributed by atoms with Crippen molar-refractivity contribution in [1.82, 2.24) is 10.6 Å². The summed E-state index contributed by atoms with van der Waals surface area (Å²) in [6, 6.07) is 14.2. The summed E-state index contributed by atoms with van der Waals surface area (Å²) < 4.78 is 10.4. The van der Waals surface area contributed by atoms with Crippen molar-refractivity contribution in [1.29, 1.82) is 0 Å². The second kappa shape index (κ2) is 12.7. The molecule has 2 aromatic rings. The van der Waals surface area contributed by atoms with Crippen LogP contribution in [0.1, 0.15) is 45.5 Å². The van der Waals surface area contributed by atoms with Crippen molar-refractivity contribution >= 4 is 5.91 Å². The van der Waals surface area contributed by atoms with Crippen molar-refractivity contribution in [3.63, 3.8) is 0 Å². The Morgan fingerprint density at radius 1 is 1.13 bits per heavy atom. The van der Waals surface area contributed by atoms with Gasteiger partial charge in [0.15, 0.2) is 0 Å². The number of hydrogen-bond acceptors (Lipinski definition) is 4. The van der Waals surface area contributed by atoms with Crippen LogP contribution in [-0.2, 0) is 9.47 Å². The van der Waals surface area contributed by atoms with Crippen LogP contribution in [0.2, 0.25) is 0 Å². The summed E-state index contributed by atoms with van der Waals surface area (Å²) in [5.41, 5.74) is 6.56. The molecule has 0 spiro atoms. The van der Waals surface area contributed by atoms with Gasteiger partial charge >= 0.3 is 0 Å². The van der Waals surface area contributed by atoms with Crippen LogP contribution in [0.5, 0.6) is 0 Å². The van der Waals surface area contributed by atoms with E-state index >= 15 is 0 Å². The van der Waals surface area contributed by atoms with Crippen molar-refractivity contribution in [2.24, 2.45) is 0 Å². The molecule has 0 saturated carbocycles. The third-order valence-electron chi connectivity index (χ3n) is 5.29. The maximum atomic E-state index is 12.7. The number of nitrogens with one attached hydrogen (secondary N) is 2. The predicted octanol–water partition coefficient (Wildman–Crippen LogP) is 4.47. The number of aryl methyl sites for hydroxylation is 1. The second-order valence-electron chi connectivity index (χ2n) is 7.47. The molecule has 0 fully saturated rings. The van der Waals surface area contributed by atoms with Gasteiger partial charge in [-0.1, -0.05) is 36.9 Å². The lowest BCUT2D eigenvalue weighted by atomic mass is 9.82. The summed E-state index contributed by atoms with van der Waals surface area (Å²) in [5, 5.41) is 6.01. The molecule has 1 unspecified atom stereocenters. The highest BCUT2D eigenvalue weighted by Crippen LogP contribution is 2.34. The quantitative estimate of drug-likeness (QED) is 0.496.